The molecule has 1 saturated carbocycles. The van der Waals surface area contributed by atoms with Crippen LogP contribution in [0.3, 0.4) is 0 Å². The second kappa shape index (κ2) is 10.7. The van der Waals surface area contributed by atoms with Gasteiger partial charge in [0, 0.05) is 49.2 Å². The second-order valence-corrected chi connectivity index (χ2v) is 12.1. The highest BCUT2D eigenvalue weighted by Gasteiger charge is 2.29. The monoisotopic (exact) mass is 570 g/mol. The molecule has 1 aliphatic carbocycles. The van der Waals surface area contributed by atoms with Gasteiger partial charge in [0.1, 0.15) is 29.3 Å². The molecule has 2 amide bonds. The molecule has 42 heavy (non-hydrogen) atoms. The molecule has 3 aromatic heterocycles. The number of nitrogens with zero attached hydrogens (tertiary/aromatic N) is 4. The summed E-state index contributed by atoms with van der Waals surface area (Å²) in [6.07, 6.45) is 7.42. The zero-order valence-electron chi connectivity index (χ0n) is 24.3. The van der Waals surface area contributed by atoms with E-state index in [-0.39, 0.29) is 23.9 Å². The van der Waals surface area contributed by atoms with Crippen molar-refractivity contribution in [1.29, 1.82) is 0 Å². The third-order valence-electron chi connectivity index (χ3n) is 8.93. The normalized spacial score (nSPS) is 20.8. The molecule has 2 saturated heterocycles. The van der Waals surface area contributed by atoms with Crippen LogP contribution in [-0.2, 0) is 11.3 Å². The van der Waals surface area contributed by atoms with E-state index in [4.69, 9.17) is 20.3 Å². The molecule has 0 radical (unpaired) electrons. The SMILES string of the molecule is COc1cc(C(=O)N2CCC[C@@H](N)C2)cn2nc(-c3cc4cccc(OC[C@H]5CCC(=O)N5)c4n3CC3CC3)c(C)c12. The Morgan fingerprint density at radius 2 is 2.00 bits per heavy atom. The summed E-state index contributed by atoms with van der Waals surface area (Å²) in [5.41, 5.74) is 11.4. The summed E-state index contributed by atoms with van der Waals surface area (Å²) in [6, 6.07) is 10.2. The highest BCUT2D eigenvalue weighted by atomic mass is 16.5. The Hall–Kier alpha value is -4.05. The Kier molecular flexibility index (Phi) is 6.80. The number of nitrogens with one attached hydrogen (secondary N) is 1. The predicted molar refractivity (Wildman–Crippen MR) is 160 cm³/mol. The first-order valence-corrected chi connectivity index (χ1v) is 15.1. The fourth-order valence-corrected chi connectivity index (χ4v) is 6.52. The van der Waals surface area contributed by atoms with Gasteiger partial charge in [0.2, 0.25) is 5.91 Å². The van der Waals surface area contributed by atoms with Crippen LogP contribution in [0.1, 0.15) is 54.4 Å². The molecule has 5 heterocycles. The lowest BCUT2D eigenvalue weighted by molar-refractivity contribution is -0.119. The number of aryl methyl sites for hydroxylation is 1. The number of nitrogens with two attached hydrogens (primary N) is 1. The largest absolute Gasteiger partial charge is 0.494 e. The van der Waals surface area contributed by atoms with Crippen LogP contribution in [0, 0.1) is 12.8 Å². The van der Waals surface area contributed by atoms with Gasteiger partial charge in [0.05, 0.1) is 29.9 Å². The number of rotatable bonds is 8. The number of hydrogen-bond acceptors (Lipinski definition) is 6. The molecule has 10 heteroatoms. The van der Waals surface area contributed by atoms with E-state index >= 15 is 0 Å². The standard InChI is InChI=1S/C32H38N6O4/c1-19-29(35-38-16-22(14-27(41-2)30(19)38)32(40)36-12-4-6-23(33)17-36)25-13-21-5-3-7-26(31(21)37(25)15-20-8-9-20)42-18-24-10-11-28(39)34-24/h3,5,7,13-14,16,20,23-24H,4,6,8-12,15,17-18,33H2,1-2H3,(H,34,39)/t23-,24-/m1/s1. The number of ether oxygens (including phenoxy) is 2. The lowest BCUT2D eigenvalue weighted by atomic mass is 10.1. The van der Waals surface area contributed by atoms with E-state index in [1.165, 1.54) is 12.8 Å². The summed E-state index contributed by atoms with van der Waals surface area (Å²) < 4.78 is 16.3. The van der Waals surface area contributed by atoms with Crippen LogP contribution in [0.25, 0.3) is 27.8 Å². The smallest absolute Gasteiger partial charge is 0.255 e. The zero-order valence-corrected chi connectivity index (χ0v) is 24.3. The third-order valence-corrected chi connectivity index (χ3v) is 8.93. The predicted octanol–water partition coefficient (Wildman–Crippen LogP) is 3.90. The molecular formula is C32H38N6O4. The molecule has 2 atom stereocenters. The minimum absolute atomic E-state index is 0.00560. The number of carbonyl (C=O) groups excluding carboxylic acids is 2. The number of carbonyl (C=O) groups is 2. The van der Waals surface area contributed by atoms with Crippen molar-refractivity contribution in [1.82, 2.24) is 24.4 Å². The van der Waals surface area contributed by atoms with Gasteiger partial charge < -0.3 is 30.0 Å². The Bertz CT molecular complexity index is 1690. The van der Waals surface area contributed by atoms with Crippen molar-refractivity contribution >= 4 is 28.2 Å². The molecule has 0 bridgehead atoms. The number of benzene rings is 1. The minimum atomic E-state index is -0.0526. The molecule has 220 valence electrons. The molecule has 0 unspecified atom stereocenters. The highest BCUT2D eigenvalue weighted by molar-refractivity contribution is 5.96. The van der Waals surface area contributed by atoms with Gasteiger partial charge in [-0.1, -0.05) is 12.1 Å². The number of para-hydroxylation sites is 1. The number of pyridine rings is 1. The first kappa shape index (κ1) is 26.8. The lowest BCUT2D eigenvalue weighted by Gasteiger charge is -2.30. The number of fused-ring (bicyclic) bond motifs is 2. The van der Waals surface area contributed by atoms with Gasteiger partial charge in [0.25, 0.3) is 5.91 Å². The van der Waals surface area contributed by atoms with Gasteiger partial charge in [-0.15, -0.1) is 0 Å². The van der Waals surface area contributed by atoms with Crippen molar-refractivity contribution in [3.63, 3.8) is 0 Å². The molecule has 1 aromatic carbocycles. The molecule has 3 N–H and O–H groups in total. The van der Waals surface area contributed by atoms with E-state index in [2.05, 4.69) is 28.9 Å². The maximum atomic E-state index is 13.5. The summed E-state index contributed by atoms with van der Waals surface area (Å²) in [5.74, 6) is 2.08. The van der Waals surface area contributed by atoms with E-state index in [1.807, 2.05) is 29.3 Å². The van der Waals surface area contributed by atoms with Gasteiger partial charge in [-0.3, -0.25) is 9.59 Å². The van der Waals surface area contributed by atoms with E-state index in [1.54, 1.807) is 11.6 Å². The first-order chi connectivity index (χ1) is 20.4. The molecule has 3 aliphatic rings. The Balaban J connectivity index is 1.30. The van der Waals surface area contributed by atoms with Crippen LogP contribution in [0.15, 0.2) is 36.5 Å². The third kappa shape index (κ3) is 4.87. The highest BCUT2D eigenvalue weighted by Crippen LogP contribution is 2.40. The second-order valence-electron chi connectivity index (χ2n) is 12.1. The van der Waals surface area contributed by atoms with E-state index in [0.717, 1.165) is 64.9 Å². The van der Waals surface area contributed by atoms with Crippen molar-refractivity contribution in [2.75, 3.05) is 26.8 Å². The Morgan fingerprint density at radius 3 is 2.74 bits per heavy atom. The Labute approximate surface area is 244 Å². The molecule has 2 aliphatic heterocycles. The van der Waals surface area contributed by atoms with Crippen LogP contribution >= 0.6 is 0 Å². The summed E-state index contributed by atoms with van der Waals surface area (Å²) in [6.45, 7) is 4.64. The van der Waals surface area contributed by atoms with Crippen LogP contribution in [-0.4, -0.2) is 69.8 Å². The quantitative estimate of drug-likeness (QED) is 0.332. The van der Waals surface area contributed by atoms with Crippen molar-refractivity contribution in [2.24, 2.45) is 11.7 Å². The fourth-order valence-electron chi connectivity index (χ4n) is 6.52. The van der Waals surface area contributed by atoms with Gasteiger partial charge in [-0.2, -0.15) is 5.10 Å². The zero-order chi connectivity index (χ0) is 29.0. The molecule has 0 spiro atoms. The number of aromatic nitrogens is 3. The topological polar surface area (TPSA) is 116 Å². The van der Waals surface area contributed by atoms with Crippen LogP contribution in [0.5, 0.6) is 11.5 Å². The number of amides is 2. The van der Waals surface area contributed by atoms with E-state index in [0.29, 0.717) is 43.3 Å². The van der Waals surface area contributed by atoms with E-state index in [9.17, 15) is 9.59 Å². The summed E-state index contributed by atoms with van der Waals surface area (Å²) >= 11 is 0. The number of hydrogen-bond donors (Lipinski definition) is 2. The van der Waals surface area contributed by atoms with Crippen LogP contribution < -0.4 is 20.5 Å². The molecule has 4 aromatic rings. The maximum Gasteiger partial charge on any atom is 0.255 e. The average Bonchev–Trinajstić information content (AvgIpc) is 3.46. The van der Waals surface area contributed by atoms with Crippen LogP contribution in [0.4, 0.5) is 0 Å². The number of methoxy groups -OCH3 is 1. The Morgan fingerprint density at radius 1 is 1.14 bits per heavy atom. The van der Waals surface area contributed by atoms with Gasteiger partial charge in [0.15, 0.2) is 0 Å². The van der Waals surface area contributed by atoms with Gasteiger partial charge >= 0.3 is 0 Å². The van der Waals surface area contributed by atoms with Crippen molar-refractivity contribution in [3.05, 3.63) is 47.7 Å². The fraction of sp³-hybridized carbons (Fsp3) is 0.469. The van der Waals surface area contributed by atoms with Crippen molar-refractivity contribution < 1.29 is 19.1 Å². The summed E-state index contributed by atoms with van der Waals surface area (Å²) in [4.78, 5) is 27.0. The van der Waals surface area contributed by atoms with Gasteiger partial charge in [-0.05, 0) is 63.1 Å². The van der Waals surface area contributed by atoms with Gasteiger partial charge in [-0.25, -0.2) is 4.52 Å². The van der Waals surface area contributed by atoms with Crippen molar-refractivity contribution in [2.45, 2.75) is 64.1 Å². The number of piperidine rings is 1. The number of likely N-dealkylation sites (tertiary alicyclic amines) is 1. The maximum absolute atomic E-state index is 13.5. The molecule has 3 fully saturated rings. The summed E-state index contributed by atoms with van der Waals surface area (Å²) in [7, 11) is 1.63. The molecular weight excluding hydrogens is 532 g/mol. The van der Waals surface area contributed by atoms with Crippen molar-refractivity contribution in [3.8, 4) is 22.9 Å². The first-order valence-electron chi connectivity index (χ1n) is 15.1. The minimum Gasteiger partial charge on any atom is -0.494 e. The lowest BCUT2D eigenvalue weighted by Crippen LogP contribution is -2.45. The average molecular weight is 571 g/mol. The summed E-state index contributed by atoms with van der Waals surface area (Å²) in [5, 5.41) is 9.14. The van der Waals surface area contributed by atoms with E-state index < -0.39 is 0 Å². The molecule has 7 rings (SSSR count). The van der Waals surface area contributed by atoms with Crippen LogP contribution in [0.2, 0.25) is 0 Å². The molecule has 10 nitrogen and oxygen atoms in total.